The molecule has 0 aromatic heterocycles. The highest BCUT2D eigenvalue weighted by Gasteiger charge is 2.16. The first kappa shape index (κ1) is 16.9. The maximum Gasteiger partial charge on any atom is 0.00497 e. The molecule has 122 valence electrons. The summed E-state index contributed by atoms with van der Waals surface area (Å²) in [5.74, 6) is 0.545. The van der Waals surface area contributed by atoms with Gasteiger partial charge in [0.15, 0.2) is 0 Å². The van der Waals surface area contributed by atoms with Gasteiger partial charge in [0, 0.05) is 11.6 Å². The summed E-state index contributed by atoms with van der Waals surface area (Å²) in [4.78, 5) is 0. The largest absolute Gasteiger partial charge is 0.110 e. The maximum atomic E-state index is 2.37. The predicted molar refractivity (Wildman–Crippen MR) is 109 cm³/mol. The third-order valence-corrected chi connectivity index (χ3v) is 6.21. The van der Waals surface area contributed by atoms with E-state index in [4.69, 9.17) is 0 Å². The molecular weight excluding hydrogens is 307 g/mol. The zero-order valence-electron chi connectivity index (χ0n) is 14.4. The summed E-state index contributed by atoms with van der Waals surface area (Å²) in [5.41, 5.74) is 6.19. The molecule has 24 heavy (non-hydrogen) atoms. The van der Waals surface area contributed by atoms with Gasteiger partial charge in [-0.3, -0.25) is 0 Å². The Kier molecular flexibility index (Phi) is 5.83. The predicted octanol–water partition coefficient (Wildman–Crippen LogP) is 6.53. The van der Waals surface area contributed by atoms with Crippen LogP contribution >= 0.6 is 8.58 Å². The Bertz CT molecular complexity index is 767. The van der Waals surface area contributed by atoms with Crippen LogP contribution in [0.4, 0.5) is 0 Å². The highest BCUT2D eigenvalue weighted by atomic mass is 31.1. The summed E-state index contributed by atoms with van der Waals surface area (Å²) in [6.07, 6.45) is 14.7. The Balaban J connectivity index is 1.80. The molecule has 0 N–H and O–H groups in total. The van der Waals surface area contributed by atoms with Gasteiger partial charge < -0.3 is 0 Å². The van der Waals surface area contributed by atoms with Crippen LogP contribution in [0.2, 0.25) is 0 Å². The van der Waals surface area contributed by atoms with Gasteiger partial charge in [0.05, 0.1) is 0 Å². The lowest BCUT2D eigenvalue weighted by molar-refractivity contribution is 0.831. The van der Waals surface area contributed by atoms with Crippen molar-refractivity contribution in [3.8, 4) is 11.1 Å². The van der Waals surface area contributed by atoms with Crippen molar-refractivity contribution in [1.29, 1.82) is 0 Å². The quantitative estimate of drug-likeness (QED) is 0.431. The molecule has 0 saturated carbocycles. The van der Waals surface area contributed by atoms with Crippen LogP contribution in [0.5, 0.6) is 0 Å². The summed E-state index contributed by atoms with van der Waals surface area (Å²) >= 11 is 0. The summed E-state index contributed by atoms with van der Waals surface area (Å²) in [5, 5.41) is 0. The van der Waals surface area contributed by atoms with E-state index >= 15 is 0 Å². The van der Waals surface area contributed by atoms with Gasteiger partial charge in [0.1, 0.15) is 0 Å². The van der Waals surface area contributed by atoms with Crippen molar-refractivity contribution in [3.63, 3.8) is 0 Å². The summed E-state index contributed by atoms with van der Waals surface area (Å²) in [6, 6.07) is 17.6. The minimum atomic E-state index is 0.545. The van der Waals surface area contributed by atoms with Gasteiger partial charge in [-0.05, 0) is 42.3 Å². The van der Waals surface area contributed by atoms with E-state index < -0.39 is 0 Å². The highest BCUT2D eigenvalue weighted by molar-refractivity contribution is 7.38. The average molecular weight is 332 g/mol. The summed E-state index contributed by atoms with van der Waals surface area (Å²) in [7, 11) is 0.898. The number of benzene rings is 2. The minimum Gasteiger partial charge on any atom is -0.110 e. The Morgan fingerprint density at radius 3 is 2.42 bits per heavy atom. The molecule has 3 unspecified atom stereocenters. The molecule has 0 amide bonds. The number of hydrogen-bond acceptors (Lipinski definition) is 0. The van der Waals surface area contributed by atoms with Crippen LogP contribution in [0, 0.1) is 12.8 Å². The highest BCUT2D eigenvalue weighted by Crippen LogP contribution is 2.37. The zero-order valence-corrected chi connectivity index (χ0v) is 15.4. The fourth-order valence-electron chi connectivity index (χ4n) is 3.27. The smallest absolute Gasteiger partial charge is 0.00497 e. The molecule has 0 radical (unpaired) electrons. The normalized spacial score (nSPS) is 20.4. The Morgan fingerprint density at radius 2 is 1.62 bits per heavy atom. The molecule has 0 heterocycles. The van der Waals surface area contributed by atoms with Crippen molar-refractivity contribution in [2.24, 2.45) is 5.92 Å². The van der Waals surface area contributed by atoms with Crippen molar-refractivity contribution >= 4 is 8.58 Å². The molecule has 2 aromatic carbocycles. The molecule has 0 aliphatic heterocycles. The van der Waals surface area contributed by atoms with E-state index in [1.54, 1.807) is 0 Å². The van der Waals surface area contributed by atoms with Gasteiger partial charge in [0.25, 0.3) is 0 Å². The second-order valence-electron chi connectivity index (χ2n) is 6.25. The number of allylic oxidation sites excluding steroid dienone is 6. The maximum absolute atomic E-state index is 2.37. The molecule has 0 fully saturated rings. The van der Waals surface area contributed by atoms with Crippen LogP contribution in [-0.2, 0) is 6.16 Å². The Morgan fingerprint density at radius 1 is 0.917 bits per heavy atom. The first-order chi connectivity index (χ1) is 11.8. The van der Waals surface area contributed by atoms with Crippen LogP contribution in [0.25, 0.3) is 11.1 Å². The van der Waals surface area contributed by atoms with E-state index in [0.717, 1.165) is 14.7 Å². The van der Waals surface area contributed by atoms with Crippen molar-refractivity contribution in [2.45, 2.75) is 25.7 Å². The van der Waals surface area contributed by atoms with Gasteiger partial charge in [0.2, 0.25) is 0 Å². The lowest BCUT2D eigenvalue weighted by Gasteiger charge is -2.22. The monoisotopic (exact) mass is 332 g/mol. The molecule has 1 aliphatic carbocycles. The van der Waals surface area contributed by atoms with Crippen LogP contribution in [0.3, 0.4) is 0 Å². The lowest BCUT2D eigenvalue weighted by Crippen LogP contribution is -2.11. The van der Waals surface area contributed by atoms with E-state index in [1.807, 2.05) is 0 Å². The standard InChI is InChI=1S/C23H25P/c1-3-10-19-12-6-9-16-23(19)24-17-20-13-5-8-15-22(20)21-14-7-4-11-18(21)2/h3-16,19,23-24H,17H2,1-2H3/b10-3+. The van der Waals surface area contributed by atoms with Crippen molar-refractivity contribution in [1.82, 2.24) is 0 Å². The van der Waals surface area contributed by atoms with E-state index in [1.165, 1.54) is 22.3 Å². The zero-order chi connectivity index (χ0) is 16.8. The second-order valence-corrected chi connectivity index (χ2v) is 7.68. The second kappa shape index (κ2) is 8.27. The van der Waals surface area contributed by atoms with Gasteiger partial charge in [-0.15, -0.1) is 8.58 Å². The third-order valence-electron chi connectivity index (χ3n) is 4.57. The van der Waals surface area contributed by atoms with Crippen LogP contribution in [0.1, 0.15) is 18.1 Å². The Hall–Kier alpha value is -1.91. The molecule has 1 heteroatoms. The Labute approximate surface area is 147 Å². The van der Waals surface area contributed by atoms with E-state index in [-0.39, 0.29) is 0 Å². The average Bonchev–Trinajstić information content (AvgIpc) is 2.62. The molecule has 0 bridgehead atoms. The summed E-state index contributed by atoms with van der Waals surface area (Å²) < 4.78 is 0. The fourth-order valence-corrected chi connectivity index (χ4v) is 4.78. The topological polar surface area (TPSA) is 0 Å². The molecule has 0 saturated heterocycles. The minimum absolute atomic E-state index is 0.545. The molecule has 0 nitrogen and oxygen atoms in total. The van der Waals surface area contributed by atoms with E-state index in [2.05, 4.69) is 98.8 Å². The number of hydrogen-bond donors (Lipinski definition) is 0. The molecule has 0 spiro atoms. The molecule has 1 aliphatic rings. The van der Waals surface area contributed by atoms with Gasteiger partial charge in [-0.1, -0.05) is 85.0 Å². The van der Waals surface area contributed by atoms with Gasteiger partial charge in [-0.2, -0.15) is 0 Å². The van der Waals surface area contributed by atoms with Crippen molar-refractivity contribution < 1.29 is 0 Å². The van der Waals surface area contributed by atoms with Crippen molar-refractivity contribution in [3.05, 3.63) is 96.1 Å². The van der Waals surface area contributed by atoms with Crippen molar-refractivity contribution in [2.75, 3.05) is 0 Å². The van der Waals surface area contributed by atoms with E-state index in [0.29, 0.717) is 11.6 Å². The third kappa shape index (κ3) is 3.94. The lowest BCUT2D eigenvalue weighted by atomic mass is 9.97. The van der Waals surface area contributed by atoms with E-state index in [9.17, 15) is 0 Å². The molecule has 2 aromatic rings. The molecular formula is C23H25P. The number of aryl methyl sites for hydroxylation is 1. The van der Waals surface area contributed by atoms with Crippen LogP contribution in [0.15, 0.2) is 85.0 Å². The number of rotatable bonds is 5. The molecule has 3 atom stereocenters. The van der Waals surface area contributed by atoms with Gasteiger partial charge in [-0.25, -0.2) is 0 Å². The van der Waals surface area contributed by atoms with Crippen LogP contribution in [-0.4, -0.2) is 5.66 Å². The fraction of sp³-hybridized carbons (Fsp3) is 0.217. The molecule has 3 rings (SSSR count). The first-order valence-corrected chi connectivity index (χ1v) is 9.93. The van der Waals surface area contributed by atoms with Gasteiger partial charge >= 0.3 is 0 Å². The first-order valence-electron chi connectivity index (χ1n) is 8.64. The van der Waals surface area contributed by atoms with Crippen LogP contribution < -0.4 is 0 Å². The summed E-state index contributed by atoms with van der Waals surface area (Å²) in [6.45, 7) is 4.31. The SMILES string of the molecule is C/C=C/C1C=CC=CC1PCc1ccccc1-c1ccccc1C.